The molecule has 0 saturated carbocycles. The van der Waals surface area contributed by atoms with Crippen molar-refractivity contribution in [1.29, 1.82) is 0 Å². The normalized spacial score (nSPS) is 23.8. The molecular formula is C24H34N2O4S. The summed E-state index contributed by atoms with van der Waals surface area (Å²) in [6.07, 6.45) is 2.36. The highest BCUT2D eigenvalue weighted by atomic mass is 32.2. The van der Waals surface area contributed by atoms with Crippen LogP contribution in [0.3, 0.4) is 0 Å². The Bertz CT molecular complexity index is 813. The SMILES string of the molecule is CCOC(=O)C1CCCN(C(=O)C2CSC(CC(C)C)N2C(=O)c2cccc(C)c2)C1. The summed E-state index contributed by atoms with van der Waals surface area (Å²) in [7, 11) is 0. The van der Waals surface area contributed by atoms with Crippen LogP contribution >= 0.6 is 11.8 Å². The molecule has 3 unspecified atom stereocenters. The van der Waals surface area contributed by atoms with Crippen molar-refractivity contribution in [2.24, 2.45) is 11.8 Å². The maximum atomic E-state index is 13.5. The van der Waals surface area contributed by atoms with Crippen LogP contribution in [0.15, 0.2) is 24.3 Å². The Hall–Kier alpha value is -2.02. The van der Waals surface area contributed by atoms with E-state index in [-0.39, 0.29) is 29.1 Å². The van der Waals surface area contributed by atoms with Crippen LogP contribution in [0, 0.1) is 18.8 Å². The molecular weight excluding hydrogens is 412 g/mol. The van der Waals surface area contributed by atoms with Gasteiger partial charge in [-0.1, -0.05) is 31.5 Å². The van der Waals surface area contributed by atoms with E-state index in [0.717, 1.165) is 24.8 Å². The molecule has 0 N–H and O–H groups in total. The highest BCUT2D eigenvalue weighted by molar-refractivity contribution is 8.00. The molecule has 170 valence electrons. The van der Waals surface area contributed by atoms with Crippen molar-refractivity contribution < 1.29 is 19.1 Å². The average Bonchev–Trinajstić information content (AvgIpc) is 3.15. The van der Waals surface area contributed by atoms with Crippen molar-refractivity contribution in [2.45, 2.75) is 58.4 Å². The van der Waals surface area contributed by atoms with E-state index in [1.165, 1.54) is 0 Å². The number of esters is 1. The number of thioether (sulfide) groups is 1. The Kier molecular flexibility index (Phi) is 8.03. The van der Waals surface area contributed by atoms with Gasteiger partial charge in [-0.15, -0.1) is 11.8 Å². The zero-order valence-electron chi connectivity index (χ0n) is 19.0. The highest BCUT2D eigenvalue weighted by Crippen LogP contribution is 2.36. The van der Waals surface area contributed by atoms with Crippen molar-refractivity contribution in [1.82, 2.24) is 9.80 Å². The van der Waals surface area contributed by atoms with Crippen LogP contribution in [0.5, 0.6) is 0 Å². The lowest BCUT2D eigenvalue weighted by Crippen LogP contribution is -2.54. The lowest BCUT2D eigenvalue weighted by molar-refractivity contribution is -0.151. The number of nitrogens with zero attached hydrogens (tertiary/aromatic N) is 2. The zero-order valence-corrected chi connectivity index (χ0v) is 19.8. The van der Waals surface area contributed by atoms with E-state index in [2.05, 4.69) is 13.8 Å². The fourth-order valence-electron chi connectivity index (χ4n) is 4.38. The Labute approximate surface area is 189 Å². The van der Waals surface area contributed by atoms with E-state index in [0.29, 0.717) is 36.9 Å². The first-order valence-electron chi connectivity index (χ1n) is 11.3. The van der Waals surface area contributed by atoms with Gasteiger partial charge in [0.25, 0.3) is 5.91 Å². The second-order valence-corrected chi connectivity index (χ2v) is 10.1. The number of amides is 2. The van der Waals surface area contributed by atoms with Crippen LogP contribution in [0.25, 0.3) is 0 Å². The van der Waals surface area contributed by atoms with Crippen molar-refractivity contribution in [2.75, 3.05) is 25.4 Å². The summed E-state index contributed by atoms with van der Waals surface area (Å²) in [4.78, 5) is 42.8. The third-order valence-electron chi connectivity index (χ3n) is 5.90. The number of rotatable bonds is 6. The topological polar surface area (TPSA) is 66.9 Å². The fraction of sp³-hybridized carbons (Fsp3) is 0.625. The number of hydrogen-bond donors (Lipinski definition) is 0. The molecule has 6 nitrogen and oxygen atoms in total. The van der Waals surface area contributed by atoms with Gasteiger partial charge in [-0.25, -0.2) is 0 Å². The number of hydrogen-bond acceptors (Lipinski definition) is 5. The summed E-state index contributed by atoms with van der Waals surface area (Å²) in [5.74, 6) is 0.368. The molecule has 3 atom stereocenters. The maximum Gasteiger partial charge on any atom is 0.310 e. The van der Waals surface area contributed by atoms with E-state index in [9.17, 15) is 14.4 Å². The molecule has 0 bridgehead atoms. The number of benzene rings is 1. The maximum absolute atomic E-state index is 13.5. The Morgan fingerprint density at radius 2 is 2.03 bits per heavy atom. The number of aryl methyl sites for hydroxylation is 1. The molecule has 2 heterocycles. The van der Waals surface area contributed by atoms with Crippen molar-refractivity contribution in [3.63, 3.8) is 0 Å². The molecule has 2 aliphatic heterocycles. The van der Waals surface area contributed by atoms with Gasteiger partial charge in [0.15, 0.2) is 0 Å². The van der Waals surface area contributed by atoms with Crippen LogP contribution in [-0.4, -0.2) is 64.4 Å². The predicted octanol–water partition coefficient (Wildman–Crippen LogP) is 3.73. The molecule has 2 aliphatic rings. The monoisotopic (exact) mass is 446 g/mol. The molecule has 0 spiro atoms. The molecule has 7 heteroatoms. The van der Waals surface area contributed by atoms with Crippen molar-refractivity contribution in [3.05, 3.63) is 35.4 Å². The van der Waals surface area contributed by atoms with Gasteiger partial charge in [-0.2, -0.15) is 0 Å². The molecule has 1 aromatic carbocycles. The Balaban J connectivity index is 1.81. The van der Waals surface area contributed by atoms with Gasteiger partial charge in [0.1, 0.15) is 6.04 Å². The van der Waals surface area contributed by atoms with Gasteiger partial charge < -0.3 is 14.5 Å². The van der Waals surface area contributed by atoms with E-state index >= 15 is 0 Å². The van der Waals surface area contributed by atoms with Gasteiger partial charge in [0, 0.05) is 24.4 Å². The van der Waals surface area contributed by atoms with E-state index in [1.807, 2.05) is 31.2 Å². The smallest absolute Gasteiger partial charge is 0.310 e. The minimum atomic E-state index is -0.497. The second-order valence-electron chi connectivity index (χ2n) is 8.89. The molecule has 0 aromatic heterocycles. The summed E-state index contributed by atoms with van der Waals surface area (Å²) in [5.41, 5.74) is 1.64. The van der Waals surface area contributed by atoms with Crippen LogP contribution in [0.4, 0.5) is 0 Å². The predicted molar refractivity (Wildman–Crippen MR) is 123 cm³/mol. The Morgan fingerprint density at radius 3 is 2.71 bits per heavy atom. The van der Waals surface area contributed by atoms with Gasteiger partial charge >= 0.3 is 5.97 Å². The number of carbonyl (C=O) groups excluding carboxylic acids is 3. The first-order valence-corrected chi connectivity index (χ1v) is 12.3. The first-order chi connectivity index (χ1) is 14.8. The third kappa shape index (κ3) is 5.62. The van der Waals surface area contributed by atoms with Crippen LogP contribution in [0.1, 0.15) is 56.0 Å². The third-order valence-corrected chi connectivity index (χ3v) is 7.22. The van der Waals surface area contributed by atoms with Gasteiger partial charge in [0.2, 0.25) is 5.91 Å². The summed E-state index contributed by atoms with van der Waals surface area (Å²) >= 11 is 1.69. The number of carbonyl (C=O) groups is 3. The van der Waals surface area contributed by atoms with Gasteiger partial charge in [0.05, 0.1) is 17.9 Å². The first kappa shape index (κ1) is 23.6. The molecule has 31 heavy (non-hydrogen) atoms. The van der Waals surface area contributed by atoms with Gasteiger partial charge in [-0.05, 0) is 51.2 Å². The van der Waals surface area contributed by atoms with E-state index < -0.39 is 6.04 Å². The number of likely N-dealkylation sites (tertiary alicyclic amines) is 1. The lowest BCUT2D eigenvalue weighted by atomic mass is 9.97. The largest absolute Gasteiger partial charge is 0.466 e. The minimum Gasteiger partial charge on any atom is -0.466 e. The van der Waals surface area contributed by atoms with E-state index in [1.54, 1.807) is 28.5 Å². The average molecular weight is 447 g/mol. The van der Waals surface area contributed by atoms with Crippen LogP contribution in [-0.2, 0) is 14.3 Å². The second kappa shape index (κ2) is 10.5. The quantitative estimate of drug-likeness (QED) is 0.623. The summed E-state index contributed by atoms with van der Waals surface area (Å²) in [5, 5.41) is -0.0207. The molecule has 3 rings (SSSR count). The number of piperidine rings is 1. The minimum absolute atomic E-state index is 0.0207. The van der Waals surface area contributed by atoms with Crippen molar-refractivity contribution >= 4 is 29.5 Å². The molecule has 0 radical (unpaired) electrons. The zero-order chi connectivity index (χ0) is 22.5. The molecule has 2 saturated heterocycles. The highest BCUT2D eigenvalue weighted by Gasteiger charge is 2.44. The van der Waals surface area contributed by atoms with E-state index in [4.69, 9.17) is 4.74 Å². The van der Waals surface area contributed by atoms with Gasteiger partial charge in [-0.3, -0.25) is 14.4 Å². The Morgan fingerprint density at radius 1 is 1.26 bits per heavy atom. The molecule has 2 fully saturated rings. The molecule has 0 aliphatic carbocycles. The molecule has 1 aromatic rings. The lowest BCUT2D eigenvalue weighted by Gasteiger charge is -2.36. The fourth-order valence-corrected chi connectivity index (χ4v) is 6.01. The standard InChI is InChI=1S/C24H34N2O4S/c1-5-30-24(29)19-10-7-11-25(14-19)23(28)20-15-31-21(12-16(2)3)26(20)22(27)18-9-6-8-17(4)13-18/h6,8-9,13,16,19-21H,5,7,10-12,14-15H2,1-4H3. The molecule has 2 amide bonds. The summed E-state index contributed by atoms with van der Waals surface area (Å²) in [6.45, 7) is 9.38. The summed E-state index contributed by atoms with van der Waals surface area (Å²) < 4.78 is 5.18. The van der Waals surface area contributed by atoms with Crippen LogP contribution < -0.4 is 0 Å². The van der Waals surface area contributed by atoms with Crippen molar-refractivity contribution in [3.8, 4) is 0 Å². The van der Waals surface area contributed by atoms with Crippen LogP contribution in [0.2, 0.25) is 0 Å². The number of ether oxygens (including phenoxy) is 1. The summed E-state index contributed by atoms with van der Waals surface area (Å²) in [6, 6.07) is 7.06.